The average Bonchev–Trinajstić information content (AvgIpc) is 3.07. The summed E-state index contributed by atoms with van der Waals surface area (Å²) in [7, 11) is 1.71. The topological polar surface area (TPSA) is 72.8 Å². The van der Waals surface area contributed by atoms with Gasteiger partial charge in [0.1, 0.15) is 13.2 Å². The molecule has 0 unspecified atom stereocenters. The van der Waals surface area contributed by atoms with Crippen molar-refractivity contribution in [3.05, 3.63) is 65.5 Å². The first kappa shape index (κ1) is 20.5. The van der Waals surface area contributed by atoms with Crippen molar-refractivity contribution in [3.63, 3.8) is 0 Å². The van der Waals surface area contributed by atoms with Gasteiger partial charge in [-0.1, -0.05) is 0 Å². The highest BCUT2D eigenvalue weighted by atomic mass is 16.6. The van der Waals surface area contributed by atoms with Crippen molar-refractivity contribution in [1.29, 1.82) is 0 Å². The van der Waals surface area contributed by atoms with Crippen LogP contribution in [0.5, 0.6) is 11.5 Å². The normalized spacial score (nSPS) is 12.4. The van der Waals surface area contributed by atoms with Gasteiger partial charge >= 0.3 is 0 Å². The Labute approximate surface area is 181 Å². The van der Waals surface area contributed by atoms with Crippen molar-refractivity contribution in [2.75, 3.05) is 30.5 Å². The van der Waals surface area contributed by atoms with Gasteiger partial charge in [0.25, 0.3) is 5.91 Å². The van der Waals surface area contributed by atoms with Gasteiger partial charge in [0, 0.05) is 48.5 Å². The monoisotopic (exact) mass is 419 g/mol. The van der Waals surface area contributed by atoms with E-state index in [9.17, 15) is 9.59 Å². The van der Waals surface area contributed by atoms with Crippen molar-refractivity contribution < 1.29 is 19.1 Å². The molecule has 4 rings (SSSR count). The molecule has 7 nitrogen and oxygen atoms in total. The first-order valence-electron chi connectivity index (χ1n) is 10.1. The summed E-state index contributed by atoms with van der Waals surface area (Å²) in [4.78, 5) is 26.0. The molecule has 0 radical (unpaired) electrons. The summed E-state index contributed by atoms with van der Waals surface area (Å²) in [6.45, 7) is 6.46. The molecule has 31 heavy (non-hydrogen) atoms. The summed E-state index contributed by atoms with van der Waals surface area (Å²) < 4.78 is 13.3. The molecule has 0 aliphatic carbocycles. The van der Waals surface area contributed by atoms with Crippen LogP contribution in [0.2, 0.25) is 0 Å². The molecule has 0 spiro atoms. The molecule has 1 aliphatic rings. The minimum absolute atomic E-state index is 0.0524. The molecule has 0 saturated heterocycles. The summed E-state index contributed by atoms with van der Waals surface area (Å²) in [6.07, 6.45) is 0. The van der Waals surface area contributed by atoms with Crippen LogP contribution in [0.25, 0.3) is 5.69 Å². The van der Waals surface area contributed by atoms with Crippen molar-refractivity contribution in [1.82, 2.24) is 4.57 Å². The number of nitrogens with one attached hydrogen (secondary N) is 1. The summed E-state index contributed by atoms with van der Waals surface area (Å²) in [5.41, 5.74) is 4.71. The number of rotatable bonds is 4. The zero-order chi connectivity index (χ0) is 22.1. The lowest BCUT2D eigenvalue weighted by Crippen LogP contribution is -2.22. The van der Waals surface area contributed by atoms with Crippen LogP contribution in [0.4, 0.5) is 11.4 Å². The van der Waals surface area contributed by atoms with Gasteiger partial charge in [-0.2, -0.15) is 0 Å². The lowest BCUT2D eigenvalue weighted by molar-refractivity contribution is -0.116. The van der Waals surface area contributed by atoms with E-state index in [4.69, 9.17) is 9.47 Å². The number of anilines is 2. The van der Waals surface area contributed by atoms with Crippen molar-refractivity contribution in [2.45, 2.75) is 20.8 Å². The van der Waals surface area contributed by atoms with Crippen LogP contribution in [-0.4, -0.2) is 36.6 Å². The van der Waals surface area contributed by atoms with Crippen molar-refractivity contribution >= 4 is 23.2 Å². The molecular weight excluding hydrogens is 394 g/mol. The zero-order valence-electron chi connectivity index (χ0n) is 18.1. The maximum Gasteiger partial charge on any atom is 0.257 e. The van der Waals surface area contributed by atoms with E-state index in [1.54, 1.807) is 36.2 Å². The maximum atomic E-state index is 13.0. The number of aromatic nitrogens is 1. The molecule has 3 aromatic rings. The smallest absolute Gasteiger partial charge is 0.257 e. The second kappa shape index (κ2) is 8.18. The van der Waals surface area contributed by atoms with E-state index in [-0.39, 0.29) is 11.8 Å². The van der Waals surface area contributed by atoms with Gasteiger partial charge < -0.3 is 24.3 Å². The van der Waals surface area contributed by atoms with E-state index >= 15 is 0 Å². The SMILES string of the molecule is CC(=O)N(C)c1ccc(NC(=O)c2cc(C)n(-c3ccc4c(c3)OCCO4)c2C)cc1. The Hall–Kier alpha value is -3.74. The summed E-state index contributed by atoms with van der Waals surface area (Å²) >= 11 is 0. The van der Waals surface area contributed by atoms with E-state index < -0.39 is 0 Å². The van der Waals surface area contributed by atoms with Crippen LogP contribution < -0.4 is 19.7 Å². The van der Waals surface area contributed by atoms with Crippen LogP contribution in [0.3, 0.4) is 0 Å². The largest absolute Gasteiger partial charge is 0.486 e. The third-order valence-corrected chi connectivity index (χ3v) is 5.44. The first-order chi connectivity index (χ1) is 14.8. The first-order valence-corrected chi connectivity index (χ1v) is 10.1. The fourth-order valence-corrected chi connectivity index (χ4v) is 3.71. The van der Waals surface area contributed by atoms with Gasteiger partial charge in [-0.15, -0.1) is 0 Å². The lowest BCUT2D eigenvalue weighted by Gasteiger charge is -2.20. The highest BCUT2D eigenvalue weighted by Gasteiger charge is 2.19. The van der Waals surface area contributed by atoms with Gasteiger partial charge in [0.2, 0.25) is 5.91 Å². The van der Waals surface area contributed by atoms with Gasteiger partial charge in [0.15, 0.2) is 11.5 Å². The molecule has 0 atom stereocenters. The van der Waals surface area contributed by atoms with Crippen LogP contribution >= 0.6 is 0 Å². The van der Waals surface area contributed by atoms with Crippen LogP contribution in [0.1, 0.15) is 28.7 Å². The van der Waals surface area contributed by atoms with Gasteiger partial charge in [-0.25, -0.2) is 0 Å². The molecule has 1 N–H and O–H groups in total. The average molecular weight is 419 g/mol. The summed E-state index contributed by atoms with van der Waals surface area (Å²) in [5.74, 6) is 1.19. The van der Waals surface area contributed by atoms with E-state index in [0.29, 0.717) is 30.2 Å². The van der Waals surface area contributed by atoms with E-state index in [1.165, 1.54) is 6.92 Å². The third kappa shape index (κ3) is 3.99. The van der Waals surface area contributed by atoms with Crippen molar-refractivity contribution in [2.24, 2.45) is 0 Å². The Morgan fingerprint density at radius 1 is 0.968 bits per heavy atom. The second-order valence-corrected chi connectivity index (χ2v) is 7.53. The number of ether oxygens (including phenoxy) is 2. The molecule has 0 saturated carbocycles. The number of fused-ring (bicyclic) bond motifs is 1. The van der Waals surface area contributed by atoms with Crippen LogP contribution in [0.15, 0.2) is 48.5 Å². The number of nitrogens with zero attached hydrogens (tertiary/aromatic N) is 2. The molecule has 1 aromatic heterocycles. The quantitative estimate of drug-likeness (QED) is 0.691. The molecule has 7 heteroatoms. The molecule has 1 aliphatic heterocycles. The van der Waals surface area contributed by atoms with Crippen LogP contribution in [-0.2, 0) is 4.79 Å². The molecule has 2 aromatic carbocycles. The zero-order valence-corrected chi connectivity index (χ0v) is 18.1. The number of carbonyl (C=O) groups excluding carboxylic acids is 2. The predicted molar refractivity (Wildman–Crippen MR) is 120 cm³/mol. The number of carbonyl (C=O) groups is 2. The Kier molecular flexibility index (Phi) is 5.42. The Morgan fingerprint density at radius 3 is 2.32 bits per heavy atom. The highest BCUT2D eigenvalue weighted by molar-refractivity contribution is 6.05. The highest BCUT2D eigenvalue weighted by Crippen LogP contribution is 2.33. The minimum Gasteiger partial charge on any atom is -0.486 e. The van der Waals surface area contributed by atoms with E-state index in [1.807, 2.05) is 42.7 Å². The Morgan fingerprint density at radius 2 is 1.65 bits per heavy atom. The fourth-order valence-electron chi connectivity index (χ4n) is 3.71. The molecule has 2 amide bonds. The molecule has 0 bridgehead atoms. The third-order valence-electron chi connectivity index (χ3n) is 5.44. The molecular formula is C24H25N3O4. The van der Waals surface area contributed by atoms with Gasteiger partial charge in [-0.3, -0.25) is 9.59 Å². The molecule has 160 valence electrons. The standard InChI is InChI=1S/C24H25N3O4/c1-15-13-21(24(29)25-18-5-7-19(8-6-18)26(4)17(3)28)16(2)27(15)20-9-10-22-23(14-20)31-12-11-30-22/h5-10,13-14H,11-12H2,1-4H3,(H,25,29). The number of amides is 2. The summed E-state index contributed by atoms with van der Waals surface area (Å²) in [6, 6.07) is 14.8. The van der Waals surface area contributed by atoms with E-state index in [2.05, 4.69) is 5.32 Å². The minimum atomic E-state index is -0.190. The van der Waals surface area contributed by atoms with Gasteiger partial charge in [0.05, 0.1) is 5.56 Å². The van der Waals surface area contributed by atoms with Gasteiger partial charge in [-0.05, 0) is 56.3 Å². The lowest BCUT2D eigenvalue weighted by atomic mass is 10.2. The number of benzene rings is 2. The molecule has 0 fully saturated rings. The van der Waals surface area contributed by atoms with Crippen LogP contribution in [0, 0.1) is 13.8 Å². The van der Waals surface area contributed by atoms with E-state index in [0.717, 1.165) is 28.5 Å². The number of hydrogen-bond donors (Lipinski definition) is 1. The number of aryl methyl sites for hydroxylation is 1. The second-order valence-electron chi connectivity index (χ2n) is 7.53. The Bertz CT molecular complexity index is 1150. The Balaban J connectivity index is 1.57. The predicted octanol–water partition coefficient (Wildman–Crippen LogP) is 4.10. The summed E-state index contributed by atoms with van der Waals surface area (Å²) in [5, 5.41) is 2.94. The van der Waals surface area contributed by atoms with Crippen molar-refractivity contribution in [3.8, 4) is 17.2 Å². The fraction of sp³-hybridized carbons (Fsp3) is 0.250. The maximum absolute atomic E-state index is 13.0. The number of hydrogen-bond acceptors (Lipinski definition) is 4. The molecule has 2 heterocycles.